The fourth-order valence-electron chi connectivity index (χ4n) is 1.07. The van der Waals surface area contributed by atoms with Gasteiger partial charge in [0.05, 0.1) is 0 Å². The molecule has 0 fully saturated rings. The molecule has 0 bridgehead atoms. The van der Waals surface area contributed by atoms with Crippen LogP contribution in [0.25, 0.3) is 0 Å². The van der Waals surface area contributed by atoms with Crippen molar-refractivity contribution in [2.45, 2.75) is 26.3 Å². The molecule has 54 valence electrons. The zero-order valence-electron chi connectivity index (χ0n) is 5.98. The smallest absolute Gasteiger partial charge is 0.0224 e. The van der Waals surface area contributed by atoms with Crippen LogP contribution >= 0.6 is 12.4 Å². The van der Waals surface area contributed by atoms with Crippen molar-refractivity contribution in [3.05, 3.63) is 11.6 Å². The van der Waals surface area contributed by atoms with E-state index < -0.39 is 0 Å². The average molecular weight is 148 g/mol. The van der Waals surface area contributed by atoms with Crippen molar-refractivity contribution in [3.8, 4) is 0 Å². The maximum atomic E-state index is 3.34. The molecule has 1 aliphatic rings. The van der Waals surface area contributed by atoms with Crippen LogP contribution in [0.1, 0.15) is 20.3 Å². The van der Waals surface area contributed by atoms with Gasteiger partial charge >= 0.3 is 0 Å². The predicted octanol–water partition coefficient (Wildman–Crippen LogP) is 1.74. The first kappa shape index (κ1) is 8.99. The molecule has 0 spiro atoms. The summed E-state index contributed by atoms with van der Waals surface area (Å²) in [5, 5.41) is 3.34. The standard InChI is InChI=1S/C7H13N.ClH/c1-6-3-4-8-7(2)5-6;/h5,7-8H,3-4H2,1-2H3;1H. The topological polar surface area (TPSA) is 12.0 Å². The van der Waals surface area contributed by atoms with Gasteiger partial charge < -0.3 is 5.32 Å². The second-order valence-corrected chi connectivity index (χ2v) is 2.51. The minimum Gasteiger partial charge on any atom is -0.310 e. The molecule has 0 aliphatic carbocycles. The maximum absolute atomic E-state index is 3.34. The molecular weight excluding hydrogens is 134 g/mol. The lowest BCUT2D eigenvalue weighted by Crippen LogP contribution is -2.28. The zero-order valence-corrected chi connectivity index (χ0v) is 6.79. The van der Waals surface area contributed by atoms with E-state index in [2.05, 4.69) is 25.2 Å². The van der Waals surface area contributed by atoms with E-state index in [0.717, 1.165) is 6.54 Å². The molecule has 0 aromatic rings. The largest absolute Gasteiger partial charge is 0.310 e. The molecule has 0 saturated carbocycles. The Morgan fingerprint density at radius 1 is 1.67 bits per heavy atom. The van der Waals surface area contributed by atoms with E-state index in [9.17, 15) is 0 Å². The highest BCUT2D eigenvalue weighted by Crippen LogP contribution is 2.05. The van der Waals surface area contributed by atoms with Crippen molar-refractivity contribution in [2.75, 3.05) is 6.54 Å². The van der Waals surface area contributed by atoms with Crippen molar-refractivity contribution < 1.29 is 0 Å². The molecule has 1 atom stereocenters. The van der Waals surface area contributed by atoms with Gasteiger partial charge in [0, 0.05) is 6.04 Å². The molecular formula is C7H14ClN. The van der Waals surface area contributed by atoms with Gasteiger partial charge in [-0.3, -0.25) is 0 Å². The van der Waals surface area contributed by atoms with Gasteiger partial charge in [-0.2, -0.15) is 0 Å². The molecule has 1 unspecified atom stereocenters. The predicted molar refractivity (Wildman–Crippen MR) is 43.1 cm³/mol. The van der Waals surface area contributed by atoms with E-state index in [1.165, 1.54) is 12.0 Å². The normalized spacial score (nSPS) is 26.4. The lowest BCUT2D eigenvalue weighted by molar-refractivity contribution is 0.597. The molecule has 9 heavy (non-hydrogen) atoms. The van der Waals surface area contributed by atoms with Crippen LogP contribution < -0.4 is 5.32 Å². The Balaban J connectivity index is 0.000000640. The van der Waals surface area contributed by atoms with Crippen LogP contribution in [0.5, 0.6) is 0 Å². The van der Waals surface area contributed by atoms with Gasteiger partial charge in [-0.1, -0.05) is 11.6 Å². The van der Waals surface area contributed by atoms with E-state index in [1.807, 2.05) is 0 Å². The van der Waals surface area contributed by atoms with Gasteiger partial charge in [0.25, 0.3) is 0 Å². The van der Waals surface area contributed by atoms with Crippen LogP contribution in [0, 0.1) is 0 Å². The van der Waals surface area contributed by atoms with Crippen molar-refractivity contribution in [1.82, 2.24) is 5.32 Å². The van der Waals surface area contributed by atoms with Crippen LogP contribution in [-0.4, -0.2) is 12.6 Å². The molecule has 0 amide bonds. The first-order chi connectivity index (χ1) is 3.79. The number of hydrogen-bond donors (Lipinski definition) is 1. The number of rotatable bonds is 0. The van der Waals surface area contributed by atoms with Crippen molar-refractivity contribution in [3.63, 3.8) is 0 Å². The second kappa shape index (κ2) is 3.91. The fraction of sp³-hybridized carbons (Fsp3) is 0.714. The Morgan fingerprint density at radius 3 is 2.67 bits per heavy atom. The SMILES string of the molecule is CC1=CC(C)NCC1.Cl. The van der Waals surface area contributed by atoms with E-state index in [1.54, 1.807) is 0 Å². The first-order valence-corrected chi connectivity index (χ1v) is 3.20. The maximum Gasteiger partial charge on any atom is 0.0224 e. The summed E-state index contributed by atoms with van der Waals surface area (Å²) < 4.78 is 0. The Bertz CT molecular complexity index is 109. The summed E-state index contributed by atoms with van der Waals surface area (Å²) in [7, 11) is 0. The highest BCUT2D eigenvalue weighted by molar-refractivity contribution is 5.85. The number of nitrogens with one attached hydrogen (secondary N) is 1. The molecule has 0 aromatic heterocycles. The first-order valence-electron chi connectivity index (χ1n) is 3.20. The highest BCUT2D eigenvalue weighted by Gasteiger charge is 2.02. The Morgan fingerprint density at radius 2 is 2.33 bits per heavy atom. The van der Waals surface area contributed by atoms with Crippen molar-refractivity contribution in [2.24, 2.45) is 0 Å². The summed E-state index contributed by atoms with van der Waals surface area (Å²) in [6.45, 7) is 5.53. The Hall–Kier alpha value is -0.0100. The molecule has 1 N–H and O–H groups in total. The van der Waals surface area contributed by atoms with Crippen LogP contribution in [0.4, 0.5) is 0 Å². The molecule has 2 heteroatoms. The van der Waals surface area contributed by atoms with Crippen molar-refractivity contribution in [1.29, 1.82) is 0 Å². The van der Waals surface area contributed by atoms with Crippen LogP contribution in [0.15, 0.2) is 11.6 Å². The van der Waals surface area contributed by atoms with E-state index in [0.29, 0.717) is 6.04 Å². The van der Waals surface area contributed by atoms with Crippen LogP contribution in [-0.2, 0) is 0 Å². The molecule has 0 aromatic carbocycles. The molecule has 1 nitrogen and oxygen atoms in total. The Labute approximate surface area is 62.9 Å². The molecule has 0 radical (unpaired) electrons. The van der Waals surface area contributed by atoms with E-state index >= 15 is 0 Å². The van der Waals surface area contributed by atoms with Gasteiger partial charge in [-0.05, 0) is 26.8 Å². The summed E-state index contributed by atoms with van der Waals surface area (Å²) in [6.07, 6.45) is 3.51. The number of halogens is 1. The molecule has 1 heterocycles. The summed E-state index contributed by atoms with van der Waals surface area (Å²) in [4.78, 5) is 0. The summed E-state index contributed by atoms with van der Waals surface area (Å²) in [5.74, 6) is 0. The lowest BCUT2D eigenvalue weighted by atomic mass is 10.1. The van der Waals surface area contributed by atoms with Gasteiger partial charge in [-0.25, -0.2) is 0 Å². The average Bonchev–Trinajstić information content (AvgIpc) is 1.64. The summed E-state index contributed by atoms with van der Waals surface area (Å²) >= 11 is 0. The minimum absolute atomic E-state index is 0. The summed E-state index contributed by atoms with van der Waals surface area (Å²) in [6, 6.07) is 0.601. The quantitative estimate of drug-likeness (QED) is 0.515. The van der Waals surface area contributed by atoms with Gasteiger partial charge in [0.2, 0.25) is 0 Å². The minimum atomic E-state index is 0. The third-order valence-corrected chi connectivity index (χ3v) is 1.52. The summed E-state index contributed by atoms with van der Waals surface area (Å²) in [5.41, 5.74) is 1.52. The monoisotopic (exact) mass is 147 g/mol. The Kier molecular flexibility index (Phi) is 3.91. The number of hydrogen-bond acceptors (Lipinski definition) is 1. The zero-order chi connectivity index (χ0) is 5.98. The highest BCUT2D eigenvalue weighted by atomic mass is 35.5. The van der Waals surface area contributed by atoms with Crippen LogP contribution in [0.3, 0.4) is 0 Å². The van der Waals surface area contributed by atoms with Gasteiger partial charge in [0.1, 0.15) is 0 Å². The van der Waals surface area contributed by atoms with Gasteiger partial charge in [0.15, 0.2) is 0 Å². The van der Waals surface area contributed by atoms with Crippen molar-refractivity contribution >= 4 is 12.4 Å². The second-order valence-electron chi connectivity index (χ2n) is 2.51. The third-order valence-electron chi connectivity index (χ3n) is 1.52. The third kappa shape index (κ3) is 2.87. The van der Waals surface area contributed by atoms with E-state index in [4.69, 9.17) is 0 Å². The van der Waals surface area contributed by atoms with Crippen LogP contribution in [0.2, 0.25) is 0 Å². The molecule has 0 saturated heterocycles. The lowest BCUT2D eigenvalue weighted by Gasteiger charge is -2.16. The molecule has 1 aliphatic heterocycles. The molecule has 1 rings (SSSR count). The van der Waals surface area contributed by atoms with E-state index in [-0.39, 0.29) is 12.4 Å². The van der Waals surface area contributed by atoms with Gasteiger partial charge in [-0.15, -0.1) is 12.4 Å². The fourth-order valence-corrected chi connectivity index (χ4v) is 1.07.